The minimum Gasteiger partial charge on any atom is -0.508 e. The monoisotopic (exact) mass is 374 g/mol. The number of carbonyl (C=O) groups is 1. The highest BCUT2D eigenvalue weighted by atomic mass is 32.2. The number of rotatable bonds is 4. The summed E-state index contributed by atoms with van der Waals surface area (Å²) in [6.45, 7) is 0. The van der Waals surface area contributed by atoms with Crippen LogP contribution in [0.3, 0.4) is 0 Å². The van der Waals surface area contributed by atoms with Gasteiger partial charge in [-0.1, -0.05) is 36.1 Å². The average molecular weight is 374 g/mol. The first-order chi connectivity index (χ1) is 12.0. The van der Waals surface area contributed by atoms with E-state index in [0.29, 0.717) is 20.7 Å². The van der Waals surface area contributed by atoms with Gasteiger partial charge in [-0.3, -0.25) is 19.8 Å². The van der Waals surface area contributed by atoms with Crippen LogP contribution in [0.4, 0.5) is 11.6 Å². The summed E-state index contributed by atoms with van der Waals surface area (Å²) < 4.78 is 5.34. The van der Waals surface area contributed by atoms with Gasteiger partial charge in [0.1, 0.15) is 16.4 Å². The molecule has 1 aliphatic rings. The zero-order valence-electron chi connectivity index (χ0n) is 12.5. The number of thiocarbonyl (C=S) groups is 1. The lowest BCUT2D eigenvalue weighted by molar-refractivity contribution is -0.402. The van der Waals surface area contributed by atoms with Gasteiger partial charge in [0.2, 0.25) is 0 Å². The Bertz CT molecular complexity index is 932. The summed E-state index contributed by atoms with van der Waals surface area (Å²) in [5.41, 5.74) is 0.483. The van der Waals surface area contributed by atoms with E-state index in [4.69, 9.17) is 16.6 Å². The van der Waals surface area contributed by atoms with Crippen LogP contribution in [0, 0.1) is 10.1 Å². The molecular weight excluding hydrogens is 364 g/mol. The molecule has 1 fully saturated rings. The van der Waals surface area contributed by atoms with E-state index in [1.165, 1.54) is 35.2 Å². The molecule has 25 heavy (non-hydrogen) atoms. The molecule has 1 aromatic heterocycles. The molecule has 7 nitrogen and oxygen atoms in total. The predicted octanol–water partition coefficient (Wildman–Crippen LogP) is 3.86. The van der Waals surface area contributed by atoms with Gasteiger partial charge < -0.3 is 9.52 Å². The molecular formula is C16H10N2O5S2. The lowest BCUT2D eigenvalue weighted by Gasteiger charge is -2.14. The number of carbonyl (C=O) groups excluding carboxylic acids is 1. The normalized spacial score (nSPS) is 16.3. The lowest BCUT2D eigenvalue weighted by Crippen LogP contribution is -2.27. The fraction of sp³-hybridized carbons (Fsp3) is 0. The van der Waals surface area contributed by atoms with Gasteiger partial charge in [-0.05, 0) is 30.4 Å². The highest BCUT2D eigenvalue weighted by Crippen LogP contribution is 2.35. The molecule has 0 aliphatic carbocycles. The Morgan fingerprint density at radius 1 is 1.32 bits per heavy atom. The molecule has 1 saturated heterocycles. The van der Waals surface area contributed by atoms with E-state index >= 15 is 0 Å². The number of amides is 1. The number of nitro groups is 1. The molecule has 0 atom stereocenters. The third-order valence-electron chi connectivity index (χ3n) is 3.18. The van der Waals surface area contributed by atoms with E-state index in [9.17, 15) is 20.0 Å². The van der Waals surface area contributed by atoms with Crippen molar-refractivity contribution in [3.63, 3.8) is 0 Å². The van der Waals surface area contributed by atoms with E-state index in [0.717, 1.165) is 11.8 Å². The van der Waals surface area contributed by atoms with E-state index in [2.05, 4.69) is 0 Å². The Morgan fingerprint density at radius 2 is 2.12 bits per heavy atom. The first-order valence-corrected chi connectivity index (χ1v) is 8.16. The van der Waals surface area contributed by atoms with Crippen molar-refractivity contribution in [2.24, 2.45) is 0 Å². The molecule has 0 spiro atoms. The molecule has 0 radical (unpaired) electrons. The van der Waals surface area contributed by atoms with Gasteiger partial charge in [0.15, 0.2) is 4.32 Å². The molecule has 126 valence electrons. The van der Waals surface area contributed by atoms with Crippen molar-refractivity contribution in [2.45, 2.75) is 0 Å². The van der Waals surface area contributed by atoms with Gasteiger partial charge in [0.25, 0.3) is 5.91 Å². The summed E-state index contributed by atoms with van der Waals surface area (Å²) in [7, 11) is 0. The number of phenols is 1. The molecule has 0 saturated carbocycles. The highest BCUT2D eigenvalue weighted by molar-refractivity contribution is 8.27. The van der Waals surface area contributed by atoms with Crippen molar-refractivity contribution in [2.75, 3.05) is 4.90 Å². The average Bonchev–Trinajstić information content (AvgIpc) is 3.13. The summed E-state index contributed by atoms with van der Waals surface area (Å²) in [6.07, 6.45) is 4.61. The second-order valence-electron chi connectivity index (χ2n) is 4.85. The van der Waals surface area contributed by atoms with Crippen molar-refractivity contribution in [1.82, 2.24) is 0 Å². The van der Waals surface area contributed by atoms with Crippen LogP contribution in [-0.2, 0) is 4.79 Å². The van der Waals surface area contributed by atoms with Crippen LogP contribution in [-0.4, -0.2) is 20.3 Å². The molecule has 1 aliphatic heterocycles. The number of thioether (sulfide) groups is 1. The predicted molar refractivity (Wildman–Crippen MR) is 98.3 cm³/mol. The van der Waals surface area contributed by atoms with Crippen LogP contribution in [0.5, 0.6) is 5.75 Å². The number of phenolic OH excluding ortho intramolecular Hbond substituents is 1. The van der Waals surface area contributed by atoms with Crippen molar-refractivity contribution >= 4 is 51.9 Å². The molecule has 1 amide bonds. The van der Waals surface area contributed by atoms with E-state index in [1.54, 1.807) is 24.3 Å². The van der Waals surface area contributed by atoms with Crippen LogP contribution >= 0.6 is 24.0 Å². The molecule has 2 heterocycles. The lowest BCUT2D eigenvalue weighted by atomic mass is 10.2. The van der Waals surface area contributed by atoms with Gasteiger partial charge in [-0.2, -0.15) is 0 Å². The maximum atomic E-state index is 12.5. The minimum atomic E-state index is -0.627. The topological polar surface area (TPSA) is 96.8 Å². The Morgan fingerprint density at radius 3 is 2.80 bits per heavy atom. The standard InChI is InChI=1S/C16H10N2O5S2/c19-11-4-1-3-10(9-11)17-15(20)13(25-16(17)24)6-2-5-12-7-8-14(23-12)18(21)22/h1-9,19H/b5-2+,13-6-. The van der Waals surface area contributed by atoms with Crippen LogP contribution < -0.4 is 4.90 Å². The fourth-order valence-electron chi connectivity index (χ4n) is 2.10. The molecule has 3 rings (SSSR count). The van der Waals surface area contributed by atoms with Crippen molar-refractivity contribution in [3.8, 4) is 5.75 Å². The van der Waals surface area contributed by atoms with Crippen molar-refractivity contribution in [1.29, 1.82) is 0 Å². The van der Waals surface area contributed by atoms with Crippen molar-refractivity contribution in [3.05, 3.63) is 69.3 Å². The maximum Gasteiger partial charge on any atom is 0.433 e. The van der Waals surface area contributed by atoms with Gasteiger partial charge in [0, 0.05) is 6.07 Å². The summed E-state index contributed by atoms with van der Waals surface area (Å²) in [4.78, 5) is 24.1. The number of hydrogen-bond donors (Lipinski definition) is 1. The van der Waals surface area contributed by atoms with Crippen LogP contribution in [0.2, 0.25) is 0 Å². The molecule has 1 aromatic carbocycles. The number of furan rings is 1. The second kappa shape index (κ2) is 6.91. The first kappa shape index (κ1) is 16.9. The Kier molecular flexibility index (Phi) is 4.68. The zero-order chi connectivity index (χ0) is 18.0. The smallest absolute Gasteiger partial charge is 0.433 e. The molecule has 2 aromatic rings. The van der Waals surface area contributed by atoms with Gasteiger partial charge in [-0.15, -0.1) is 0 Å². The quantitative estimate of drug-likeness (QED) is 0.376. The third-order valence-corrected chi connectivity index (χ3v) is 4.50. The third kappa shape index (κ3) is 3.62. The maximum absolute atomic E-state index is 12.5. The largest absolute Gasteiger partial charge is 0.508 e. The Hall–Kier alpha value is -2.91. The Labute approximate surface area is 151 Å². The zero-order valence-corrected chi connectivity index (χ0v) is 14.1. The minimum absolute atomic E-state index is 0.0369. The first-order valence-electron chi connectivity index (χ1n) is 6.93. The van der Waals surface area contributed by atoms with Crippen LogP contribution in [0.1, 0.15) is 5.76 Å². The summed E-state index contributed by atoms with van der Waals surface area (Å²) in [6, 6.07) is 8.96. The molecule has 0 bridgehead atoms. The number of benzene rings is 1. The second-order valence-corrected chi connectivity index (χ2v) is 6.53. The molecule has 1 N–H and O–H groups in total. The SMILES string of the molecule is O=C1/C(=C/C=C/c2ccc([N+](=O)[O-])o2)SC(=S)N1c1cccc(O)c1. The van der Waals surface area contributed by atoms with Gasteiger partial charge in [0.05, 0.1) is 16.7 Å². The van der Waals surface area contributed by atoms with Crippen LogP contribution in [0.25, 0.3) is 6.08 Å². The number of nitrogens with zero attached hydrogens (tertiary/aromatic N) is 2. The number of anilines is 1. The van der Waals surface area contributed by atoms with Gasteiger partial charge in [-0.25, -0.2) is 0 Å². The summed E-state index contributed by atoms with van der Waals surface area (Å²) >= 11 is 6.35. The molecule has 0 unspecified atom stereocenters. The fourth-order valence-corrected chi connectivity index (χ4v) is 3.35. The Balaban J connectivity index is 1.78. The number of aromatic hydroxyl groups is 1. The number of allylic oxidation sites excluding steroid dienone is 2. The number of hydrogen-bond acceptors (Lipinski definition) is 7. The van der Waals surface area contributed by atoms with Crippen LogP contribution in [0.15, 0.2) is 57.9 Å². The highest BCUT2D eigenvalue weighted by Gasteiger charge is 2.33. The van der Waals surface area contributed by atoms with E-state index in [1.807, 2.05) is 0 Å². The van der Waals surface area contributed by atoms with E-state index < -0.39 is 4.92 Å². The van der Waals surface area contributed by atoms with Gasteiger partial charge >= 0.3 is 5.88 Å². The van der Waals surface area contributed by atoms with E-state index in [-0.39, 0.29) is 17.5 Å². The summed E-state index contributed by atoms with van der Waals surface area (Å²) in [5.74, 6) is -0.327. The summed E-state index contributed by atoms with van der Waals surface area (Å²) in [5, 5.41) is 20.1. The molecule has 9 heteroatoms. The van der Waals surface area contributed by atoms with Crippen molar-refractivity contribution < 1.29 is 19.2 Å².